The molecule has 0 atom stereocenters. The number of rotatable bonds is 4. The number of urea groups is 1. The summed E-state index contributed by atoms with van der Waals surface area (Å²) in [5.41, 5.74) is 6.64. The number of hydrogen-bond donors (Lipinski definition) is 3. The highest BCUT2D eigenvalue weighted by atomic mass is 19.1. The third kappa shape index (κ3) is 4.31. The molecule has 0 aliphatic heterocycles. The number of halogens is 1. The van der Waals surface area contributed by atoms with Crippen molar-refractivity contribution < 1.29 is 14.0 Å². The summed E-state index contributed by atoms with van der Waals surface area (Å²) in [6.45, 7) is 0.284. The summed E-state index contributed by atoms with van der Waals surface area (Å²) < 4.78 is 12.8. The van der Waals surface area contributed by atoms with Crippen molar-refractivity contribution in [3.8, 4) is 0 Å². The highest BCUT2D eigenvalue weighted by Gasteiger charge is 2.06. The smallest absolute Gasteiger partial charge is 0.316 e. The normalized spacial score (nSPS) is 9.95. The van der Waals surface area contributed by atoms with E-state index >= 15 is 0 Å². The molecule has 0 aliphatic rings. The van der Waals surface area contributed by atoms with Crippen LogP contribution >= 0.6 is 0 Å². The molecule has 4 N–H and O–H groups in total. The van der Waals surface area contributed by atoms with Crippen molar-refractivity contribution in [1.82, 2.24) is 5.32 Å². The van der Waals surface area contributed by atoms with Crippen LogP contribution in [-0.2, 0) is 6.54 Å². The Hall–Kier alpha value is -2.89. The summed E-state index contributed by atoms with van der Waals surface area (Å²) in [4.78, 5) is 22.8. The van der Waals surface area contributed by atoms with E-state index < -0.39 is 6.03 Å². The Morgan fingerprint density at radius 3 is 2.48 bits per heavy atom. The summed E-state index contributed by atoms with van der Waals surface area (Å²) >= 11 is 0. The van der Waals surface area contributed by atoms with Crippen LogP contribution < -0.4 is 16.4 Å². The summed E-state index contributed by atoms with van der Waals surface area (Å²) in [7, 11) is 0. The van der Waals surface area contributed by atoms with E-state index in [1.165, 1.54) is 18.2 Å². The van der Waals surface area contributed by atoms with E-state index in [1.807, 2.05) is 0 Å². The molecule has 0 heterocycles. The first-order valence-corrected chi connectivity index (χ1v) is 6.24. The second kappa shape index (κ2) is 6.51. The van der Waals surface area contributed by atoms with Crippen LogP contribution in [0.15, 0.2) is 48.5 Å². The average molecular weight is 287 g/mol. The van der Waals surface area contributed by atoms with E-state index in [9.17, 15) is 14.0 Å². The van der Waals surface area contributed by atoms with Crippen LogP contribution in [-0.4, -0.2) is 11.9 Å². The number of carbonyl (C=O) groups is 2. The lowest BCUT2D eigenvalue weighted by Gasteiger charge is -2.07. The van der Waals surface area contributed by atoms with Gasteiger partial charge in [-0.05, 0) is 35.9 Å². The number of benzene rings is 2. The zero-order valence-corrected chi connectivity index (χ0v) is 11.1. The monoisotopic (exact) mass is 287 g/mol. The van der Waals surface area contributed by atoms with Gasteiger partial charge < -0.3 is 16.4 Å². The molecule has 0 aromatic heterocycles. The van der Waals surface area contributed by atoms with E-state index in [2.05, 4.69) is 10.6 Å². The van der Waals surface area contributed by atoms with Crippen LogP contribution in [0.25, 0.3) is 0 Å². The average Bonchev–Trinajstić information content (AvgIpc) is 2.46. The molecule has 0 saturated heterocycles. The Morgan fingerprint density at radius 1 is 1.10 bits per heavy atom. The van der Waals surface area contributed by atoms with Gasteiger partial charge in [0.15, 0.2) is 0 Å². The van der Waals surface area contributed by atoms with Gasteiger partial charge in [-0.15, -0.1) is 0 Å². The fraction of sp³-hybridized carbons (Fsp3) is 0.0667. The second-order valence-electron chi connectivity index (χ2n) is 4.38. The standard InChI is InChI=1S/C15H14FN3O2/c16-12-6-4-10(5-7-12)9-18-14(20)11-2-1-3-13(8-11)19-15(17)21/h1-8H,9H2,(H,18,20)(H3,17,19,21). The molecule has 21 heavy (non-hydrogen) atoms. The van der Waals surface area contributed by atoms with E-state index in [0.717, 1.165) is 5.56 Å². The van der Waals surface area contributed by atoms with Gasteiger partial charge in [-0.25, -0.2) is 9.18 Å². The van der Waals surface area contributed by atoms with Gasteiger partial charge >= 0.3 is 6.03 Å². The Bertz CT molecular complexity index is 656. The lowest BCUT2D eigenvalue weighted by Crippen LogP contribution is -2.23. The van der Waals surface area contributed by atoms with E-state index in [4.69, 9.17) is 5.73 Å². The number of hydrogen-bond acceptors (Lipinski definition) is 2. The number of nitrogens with two attached hydrogens (primary N) is 1. The van der Waals surface area contributed by atoms with E-state index in [1.54, 1.807) is 30.3 Å². The highest BCUT2D eigenvalue weighted by Crippen LogP contribution is 2.10. The fourth-order valence-electron chi connectivity index (χ4n) is 1.77. The number of primary amides is 1. The van der Waals surface area contributed by atoms with Crippen LogP contribution in [0.2, 0.25) is 0 Å². The maximum atomic E-state index is 12.8. The molecule has 2 aromatic rings. The largest absolute Gasteiger partial charge is 0.351 e. The van der Waals surface area contributed by atoms with Gasteiger partial charge in [-0.1, -0.05) is 18.2 Å². The predicted molar refractivity (Wildman–Crippen MR) is 77.2 cm³/mol. The zero-order chi connectivity index (χ0) is 15.2. The molecule has 2 aromatic carbocycles. The number of nitrogens with one attached hydrogen (secondary N) is 2. The molecule has 0 unspecified atom stereocenters. The first-order chi connectivity index (χ1) is 10.0. The summed E-state index contributed by atoms with van der Waals surface area (Å²) in [6, 6.07) is 11.6. The number of carbonyl (C=O) groups excluding carboxylic acids is 2. The lowest BCUT2D eigenvalue weighted by atomic mass is 10.1. The Labute approximate surface area is 121 Å². The quantitative estimate of drug-likeness (QED) is 0.805. The molecule has 2 rings (SSSR count). The summed E-state index contributed by atoms with van der Waals surface area (Å²) in [5, 5.41) is 5.11. The fourth-order valence-corrected chi connectivity index (χ4v) is 1.77. The molecule has 0 spiro atoms. The Balaban J connectivity index is 1.99. The van der Waals surface area contributed by atoms with Crippen molar-refractivity contribution in [2.24, 2.45) is 5.73 Å². The van der Waals surface area contributed by atoms with Gasteiger partial charge in [-0.3, -0.25) is 4.79 Å². The minimum atomic E-state index is -0.695. The van der Waals surface area contributed by atoms with Gasteiger partial charge in [0.05, 0.1) is 0 Å². The first-order valence-electron chi connectivity index (χ1n) is 6.24. The first kappa shape index (κ1) is 14.5. The van der Waals surface area contributed by atoms with Crippen LogP contribution in [0.5, 0.6) is 0 Å². The maximum absolute atomic E-state index is 12.8. The van der Waals surface area contributed by atoms with E-state index in [-0.39, 0.29) is 18.3 Å². The zero-order valence-electron chi connectivity index (χ0n) is 11.1. The predicted octanol–water partition coefficient (Wildman–Crippen LogP) is 2.25. The molecule has 0 radical (unpaired) electrons. The minimum Gasteiger partial charge on any atom is -0.351 e. The molecular formula is C15H14FN3O2. The van der Waals surface area contributed by atoms with Crippen molar-refractivity contribution in [2.75, 3.05) is 5.32 Å². The molecular weight excluding hydrogens is 273 g/mol. The van der Waals surface area contributed by atoms with Gasteiger partial charge in [0.25, 0.3) is 5.91 Å². The van der Waals surface area contributed by atoms with Crippen LogP contribution in [0.1, 0.15) is 15.9 Å². The highest BCUT2D eigenvalue weighted by molar-refractivity contribution is 5.96. The molecule has 0 fully saturated rings. The number of anilines is 1. The molecule has 3 amide bonds. The van der Waals surface area contributed by atoms with Gasteiger partial charge in [-0.2, -0.15) is 0 Å². The molecule has 108 valence electrons. The van der Waals surface area contributed by atoms with Crippen LogP contribution in [0, 0.1) is 5.82 Å². The molecule has 5 nitrogen and oxygen atoms in total. The third-order valence-corrected chi connectivity index (χ3v) is 2.76. The van der Waals surface area contributed by atoms with Crippen LogP contribution in [0.3, 0.4) is 0 Å². The lowest BCUT2D eigenvalue weighted by molar-refractivity contribution is 0.0951. The minimum absolute atomic E-state index is 0.284. The van der Waals surface area contributed by atoms with Crippen molar-refractivity contribution in [3.05, 3.63) is 65.5 Å². The Morgan fingerprint density at radius 2 is 1.81 bits per heavy atom. The maximum Gasteiger partial charge on any atom is 0.316 e. The number of amides is 3. The Kier molecular flexibility index (Phi) is 4.50. The SMILES string of the molecule is NC(=O)Nc1cccc(C(=O)NCc2ccc(F)cc2)c1. The van der Waals surface area contributed by atoms with Crippen LogP contribution in [0.4, 0.5) is 14.9 Å². The molecule has 0 saturated carbocycles. The summed E-state index contributed by atoms with van der Waals surface area (Å²) in [6.07, 6.45) is 0. The van der Waals surface area contributed by atoms with Crippen molar-refractivity contribution >= 4 is 17.6 Å². The van der Waals surface area contributed by atoms with Crippen molar-refractivity contribution in [3.63, 3.8) is 0 Å². The van der Waals surface area contributed by atoms with E-state index in [0.29, 0.717) is 11.3 Å². The third-order valence-electron chi connectivity index (χ3n) is 2.76. The molecule has 0 bridgehead atoms. The van der Waals surface area contributed by atoms with Crippen molar-refractivity contribution in [1.29, 1.82) is 0 Å². The second-order valence-corrected chi connectivity index (χ2v) is 4.38. The topological polar surface area (TPSA) is 84.2 Å². The van der Waals surface area contributed by atoms with Crippen molar-refractivity contribution in [2.45, 2.75) is 6.54 Å². The van der Waals surface area contributed by atoms with Gasteiger partial charge in [0, 0.05) is 17.8 Å². The summed E-state index contributed by atoms with van der Waals surface area (Å²) in [5.74, 6) is -0.622. The molecule has 0 aliphatic carbocycles. The van der Waals surface area contributed by atoms with Gasteiger partial charge in [0.1, 0.15) is 5.82 Å². The van der Waals surface area contributed by atoms with Gasteiger partial charge in [0.2, 0.25) is 0 Å². The molecule has 6 heteroatoms.